The highest BCUT2D eigenvalue weighted by Gasteiger charge is 2.36. The van der Waals surface area contributed by atoms with Gasteiger partial charge in [0.2, 0.25) is 5.69 Å². The van der Waals surface area contributed by atoms with Gasteiger partial charge in [-0.2, -0.15) is 5.26 Å². The monoisotopic (exact) mass is 998 g/mol. The minimum Gasteiger partial charge on any atom is -0.455 e. The average molecular weight is 999 g/mol. The van der Waals surface area contributed by atoms with Crippen molar-refractivity contribution >= 4 is 105 Å². The number of hydrogen-bond donors (Lipinski definition) is 0. The summed E-state index contributed by atoms with van der Waals surface area (Å²) < 4.78 is 11.2. The van der Waals surface area contributed by atoms with E-state index in [0.717, 1.165) is 99.7 Å². The highest BCUT2D eigenvalue weighted by Crippen LogP contribution is 2.53. The van der Waals surface area contributed by atoms with Gasteiger partial charge >= 0.3 is 0 Å². The molecule has 3 heterocycles. The van der Waals surface area contributed by atoms with Gasteiger partial charge in [-0.1, -0.05) is 129 Å². The van der Waals surface area contributed by atoms with Crippen molar-refractivity contribution in [2.24, 2.45) is 0 Å². The van der Waals surface area contributed by atoms with Crippen LogP contribution in [0.1, 0.15) is 30.5 Å². The van der Waals surface area contributed by atoms with Gasteiger partial charge in [0.05, 0.1) is 51.0 Å². The molecule has 0 atom stereocenters. The van der Waals surface area contributed by atoms with Crippen LogP contribution in [0.5, 0.6) is 0 Å². The number of nitrogens with zero attached hydrogens (tertiary/aromatic N) is 6. The Labute approximate surface area is 450 Å². The lowest BCUT2D eigenvalue weighted by Crippen LogP contribution is -2.15. The number of anilines is 6. The summed E-state index contributed by atoms with van der Waals surface area (Å²) in [5.74, 6) is 0. The lowest BCUT2D eigenvalue weighted by molar-refractivity contribution is 0.661. The van der Waals surface area contributed by atoms with Gasteiger partial charge < -0.3 is 23.4 Å². The van der Waals surface area contributed by atoms with Gasteiger partial charge in [-0.05, 0) is 150 Å². The van der Waals surface area contributed by atoms with Gasteiger partial charge in [-0.25, -0.2) is 4.85 Å². The lowest BCUT2D eigenvalue weighted by Gasteiger charge is -2.25. The van der Waals surface area contributed by atoms with E-state index in [1.807, 2.05) is 54.6 Å². The maximum atomic E-state index is 11.5. The summed E-state index contributed by atoms with van der Waals surface area (Å²) in [5, 5.41) is 17.6. The van der Waals surface area contributed by atoms with Crippen molar-refractivity contribution in [3.05, 3.63) is 271 Å². The normalized spacial score (nSPS) is 12.6. The molecular weight excluding hydrogens is 953 g/mol. The van der Waals surface area contributed by atoms with Gasteiger partial charge in [0, 0.05) is 66.5 Å². The van der Waals surface area contributed by atoms with Crippen molar-refractivity contribution in [1.82, 2.24) is 9.13 Å². The number of para-hydroxylation sites is 5. The predicted molar refractivity (Wildman–Crippen MR) is 320 cm³/mol. The quantitative estimate of drug-likeness (QED) is 0.142. The topological polar surface area (TPSA) is 57.6 Å². The standard InChI is InChI=1S/C71H46N6O/c1-71(2)59-30-18-16-28-52(59)55-41-57-56-39-50(74(46-20-8-4-9-21-46)47-22-10-5-11-23-47)32-35-62(56)77(66(57)42-60(55)71)67-38-45(44-72)65(43-61(67)73-3)76-63-36-33-51(75(48-24-12-6-13-25-48)49-26-14-7-15-27-49)40-58(63)69-64(76)37-34-54-53-29-17-19-31-68(53)78-70(54)69/h4-43H,1-2H3. The molecule has 3 aromatic heterocycles. The van der Waals surface area contributed by atoms with E-state index in [0.29, 0.717) is 22.6 Å². The van der Waals surface area contributed by atoms with Crippen molar-refractivity contribution in [3.63, 3.8) is 0 Å². The summed E-state index contributed by atoms with van der Waals surface area (Å²) in [6.45, 7) is 13.6. The van der Waals surface area contributed by atoms with E-state index in [-0.39, 0.29) is 5.41 Å². The van der Waals surface area contributed by atoms with Crippen LogP contribution in [0.15, 0.2) is 247 Å². The van der Waals surface area contributed by atoms with Crippen molar-refractivity contribution in [2.45, 2.75) is 19.3 Å². The third kappa shape index (κ3) is 6.62. The number of aromatic nitrogens is 2. The molecule has 0 fully saturated rings. The maximum Gasteiger partial charge on any atom is 0.212 e. The van der Waals surface area contributed by atoms with E-state index >= 15 is 0 Å². The molecule has 1 aliphatic rings. The van der Waals surface area contributed by atoms with Crippen LogP contribution in [0.2, 0.25) is 0 Å². The highest BCUT2D eigenvalue weighted by atomic mass is 16.3. The van der Waals surface area contributed by atoms with Crippen LogP contribution >= 0.6 is 0 Å². The van der Waals surface area contributed by atoms with Crippen molar-refractivity contribution in [2.75, 3.05) is 9.80 Å². The maximum absolute atomic E-state index is 11.5. The van der Waals surface area contributed by atoms with E-state index in [2.05, 4.69) is 232 Å². The van der Waals surface area contributed by atoms with Crippen LogP contribution in [0.3, 0.4) is 0 Å². The summed E-state index contributed by atoms with van der Waals surface area (Å²) in [6.07, 6.45) is 0. The fourth-order valence-electron chi connectivity index (χ4n) is 12.6. The molecule has 11 aromatic carbocycles. The largest absolute Gasteiger partial charge is 0.455 e. The van der Waals surface area contributed by atoms with E-state index in [9.17, 15) is 5.26 Å². The molecule has 0 spiro atoms. The first kappa shape index (κ1) is 44.8. The van der Waals surface area contributed by atoms with Gasteiger partial charge in [0.25, 0.3) is 0 Å². The zero-order chi connectivity index (χ0) is 52.2. The molecule has 15 rings (SSSR count). The second-order valence-corrected chi connectivity index (χ2v) is 20.7. The molecule has 1 aliphatic carbocycles. The Hall–Kier alpha value is -10.6. The number of fused-ring (bicyclic) bond motifs is 13. The van der Waals surface area contributed by atoms with Crippen LogP contribution in [-0.2, 0) is 5.41 Å². The molecule has 0 saturated carbocycles. The van der Waals surface area contributed by atoms with Gasteiger partial charge in [0.15, 0.2) is 0 Å². The van der Waals surface area contributed by atoms with Crippen LogP contribution in [0, 0.1) is 17.9 Å². The molecule has 14 aromatic rings. The summed E-state index contributed by atoms with van der Waals surface area (Å²) >= 11 is 0. The molecule has 0 bridgehead atoms. The first-order valence-corrected chi connectivity index (χ1v) is 26.3. The Morgan fingerprint density at radius 2 is 0.962 bits per heavy atom. The van der Waals surface area contributed by atoms with Gasteiger partial charge in [-0.3, -0.25) is 0 Å². The zero-order valence-corrected chi connectivity index (χ0v) is 42.7. The van der Waals surface area contributed by atoms with Crippen LogP contribution in [0.4, 0.5) is 39.8 Å². The number of rotatable bonds is 8. The Balaban J connectivity index is 0.990. The molecule has 7 heteroatoms. The molecule has 0 unspecified atom stereocenters. The fraction of sp³-hybridized carbons (Fsp3) is 0.0423. The third-order valence-corrected chi connectivity index (χ3v) is 16.1. The lowest BCUT2D eigenvalue weighted by atomic mass is 9.82. The van der Waals surface area contributed by atoms with Gasteiger partial charge in [0.1, 0.15) is 17.2 Å². The molecule has 78 heavy (non-hydrogen) atoms. The van der Waals surface area contributed by atoms with E-state index in [4.69, 9.17) is 11.0 Å². The van der Waals surface area contributed by atoms with Crippen molar-refractivity contribution < 1.29 is 4.42 Å². The molecule has 0 N–H and O–H groups in total. The van der Waals surface area contributed by atoms with Crippen LogP contribution in [0.25, 0.3) is 92.9 Å². The zero-order valence-electron chi connectivity index (χ0n) is 42.7. The minimum absolute atomic E-state index is 0.283. The molecular formula is C71H46N6O. The van der Waals surface area contributed by atoms with E-state index < -0.39 is 0 Å². The molecule has 7 nitrogen and oxygen atoms in total. The minimum atomic E-state index is -0.283. The fourth-order valence-corrected chi connectivity index (χ4v) is 12.6. The molecule has 0 saturated heterocycles. The SMILES string of the molecule is [C-]#[N+]c1cc(-n2c3ccc(N(c4ccccc4)c4ccccc4)cc3c3c4oc5ccccc5c4ccc32)c(C#N)cc1-n1c2ccc(N(c3ccccc3)c3ccccc3)cc2c2cc3c(cc21)C(C)(C)c1ccccc1-3. The number of nitriles is 1. The Morgan fingerprint density at radius 1 is 0.436 bits per heavy atom. The van der Waals surface area contributed by atoms with Crippen LogP contribution < -0.4 is 9.80 Å². The summed E-state index contributed by atoms with van der Waals surface area (Å²) in [4.78, 5) is 8.91. The van der Waals surface area contributed by atoms with Gasteiger partial charge in [-0.15, -0.1) is 0 Å². The van der Waals surface area contributed by atoms with Crippen molar-refractivity contribution in [3.8, 4) is 28.6 Å². The first-order chi connectivity index (χ1) is 38.4. The second-order valence-electron chi connectivity index (χ2n) is 20.7. The average Bonchev–Trinajstić information content (AvgIpc) is 4.04. The Kier molecular flexibility index (Phi) is 9.90. The van der Waals surface area contributed by atoms with Crippen molar-refractivity contribution in [1.29, 1.82) is 5.26 Å². The predicted octanol–water partition coefficient (Wildman–Crippen LogP) is 19.4. The molecule has 0 amide bonds. The summed E-state index contributed by atoms with van der Waals surface area (Å²) in [6, 6.07) is 87.2. The van der Waals surface area contributed by atoms with E-state index in [1.54, 1.807) is 0 Å². The second kappa shape index (κ2) is 17.2. The molecule has 0 radical (unpaired) electrons. The smallest absolute Gasteiger partial charge is 0.212 e. The highest BCUT2D eigenvalue weighted by molar-refractivity contribution is 6.24. The number of benzene rings is 11. The number of hydrogen-bond acceptors (Lipinski definition) is 4. The molecule has 366 valence electrons. The first-order valence-electron chi connectivity index (χ1n) is 26.3. The van der Waals surface area contributed by atoms with E-state index in [1.165, 1.54) is 22.3 Å². The third-order valence-electron chi connectivity index (χ3n) is 16.1. The summed E-state index contributed by atoms with van der Waals surface area (Å²) in [7, 11) is 0. The van der Waals surface area contributed by atoms with Crippen LogP contribution in [-0.4, -0.2) is 9.13 Å². The molecule has 0 aliphatic heterocycles. The Morgan fingerprint density at radius 3 is 1.58 bits per heavy atom. The Bertz CT molecular complexity index is 4770. The summed E-state index contributed by atoms with van der Waals surface area (Å²) in [5.41, 5.74) is 18.1. The number of furan rings is 1.